The number of rotatable bonds is 6. The highest BCUT2D eigenvalue weighted by atomic mass is 16.5. The number of carboxylic acid groups (broad SMARTS) is 1. The first-order chi connectivity index (χ1) is 20.2. The van der Waals surface area contributed by atoms with E-state index in [1.165, 1.54) is 5.57 Å². The van der Waals surface area contributed by atoms with Crippen molar-refractivity contribution in [3.05, 3.63) is 11.1 Å². The second-order valence-corrected chi connectivity index (χ2v) is 17.6. The van der Waals surface area contributed by atoms with Crippen LogP contribution in [0.5, 0.6) is 0 Å². The number of carboxylic acids is 1. The Hall–Kier alpha value is -2.18. The largest absolute Gasteiger partial charge is 0.481 e. The van der Waals surface area contributed by atoms with Crippen LogP contribution in [0, 0.1) is 56.2 Å². The Kier molecular flexibility index (Phi) is 7.86. The van der Waals surface area contributed by atoms with E-state index in [0.717, 1.165) is 56.9 Å². The van der Waals surface area contributed by atoms with Gasteiger partial charge in [-0.25, -0.2) is 0 Å². The third-order valence-corrected chi connectivity index (χ3v) is 14.5. The molecule has 246 valence electrons. The van der Waals surface area contributed by atoms with Crippen molar-refractivity contribution in [1.82, 2.24) is 5.32 Å². The second kappa shape index (κ2) is 10.4. The summed E-state index contributed by atoms with van der Waals surface area (Å²) in [5, 5.41) is 12.5. The van der Waals surface area contributed by atoms with Crippen LogP contribution in [0.15, 0.2) is 11.1 Å². The van der Waals surface area contributed by atoms with Crippen LogP contribution in [0.25, 0.3) is 0 Å². The molecule has 0 aliphatic heterocycles. The minimum Gasteiger partial charge on any atom is -0.481 e. The number of hydrogen-bond donors (Lipinski definition) is 2. The summed E-state index contributed by atoms with van der Waals surface area (Å²) in [6, 6.07) is 0. The molecule has 0 bridgehead atoms. The van der Waals surface area contributed by atoms with E-state index in [4.69, 9.17) is 4.74 Å². The number of carbonyl (C=O) groups excluding carboxylic acids is 3. The van der Waals surface area contributed by atoms with Crippen molar-refractivity contribution in [1.29, 1.82) is 0 Å². The lowest BCUT2D eigenvalue weighted by molar-refractivity contribution is -0.233. The number of carbonyl (C=O) groups is 4. The first-order valence-electron chi connectivity index (χ1n) is 17.2. The van der Waals surface area contributed by atoms with E-state index in [9.17, 15) is 24.3 Å². The Balaban J connectivity index is 1.46. The molecular weight excluding hydrogens is 554 g/mol. The Labute approximate surface area is 264 Å². The number of Topliss-reactive ketones (excluding diaryl/α,β-unsaturated/α-hetero) is 1. The second-order valence-electron chi connectivity index (χ2n) is 17.6. The average molecular weight is 612 g/mol. The summed E-state index contributed by atoms with van der Waals surface area (Å²) >= 11 is 0. The monoisotopic (exact) mass is 611 g/mol. The number of ether oxygens (including phenoxy) is 1. The van der Waals surface area contributed by atoms with Crippen LogP contribution >= 0.6 is 0 Å². The minimum absolute atomic E-state index is 0.0165. The van der Waals surface area contributed by atoms with Crippen LogP contribution in [0.3, 0.4) is 0 Å². The maximum Gasteiger partial charge on any atom is 0.309 e. The molecule has 8 atom stereocenters. The van der Waals surface area contributed by atoms with E-state index in [0.29, 0.717) is 18.3 Å². The predicted molar refractivity (Wildman–Crippen MR) is 169 cm³/mol. The molecule has 0 heterocycles. The van der Waals surface area contributed by atoms with Crippen LogP contribution in [0.1, 0.15) is 127 Å². The van der Waals surface area contributed by atoms with Crippen LogP contribution in [0.4, 0.5) is 0 Å². The number of ketones is 1. The zero-order valence-corrected chi connectivity index (χ0v) is 28.9. The molecule has 0 aromatic carbocycles. The van der Waals surface area contributed by atoms with Gasteiger partial charge in [-0.15, -0.1) is 0 Å². The number of allylic oxidation sites excluding steroid dienone is 1. The maximum atomic E-state index is 13.6. The summed E-state index contributed by atoms with van der Waals surface area (Å²) in [7, 11) is 1.71. The number of hydrogen-bond acceptors (Lipinski definition) is 5. The molecule has 7 heteroatoms. The van der Waals surface area contributed by atoms with Crippen LogP contribution in [-0.4, -0.2) is 41.9 Å². The quantitative estimate of drug-likeness (QED) is 0.309. The van der Waals surface area contributed by atoms with Crippen molar-refractivity contribution in [2.45, 2.75) is 133 Å². The molecule has 0 aromatic heterocycles. The molecule has 0 radical (unpaired) electrons. The third-order valence-electron chi connectivity index (χ3n) is 14.5. The van der Waals surface area contributed by atoms with Crippen molar-refractivity contribution in [3.63, 3.8) is 0 Å². The number of aliphatic carboxylic acids is 1. The number of amides is 1. The standard InChI is InChI=1S/C37H57NO6/c1-21(2)28-23(39)19-37(30(41)38-10)18-17-35(8)22(29(28)37)11-12-25-34(7)15-14-26(44-27(40)20-32(3,4)31(42)43)33(5,6)24(34)13-16-36(25,35)9/h21-22,24-26H,11-20H2,1-10H3,(H,38,41)(H,42,43)/t22?,24?,25?,26-,34-,35+,36+,37+/m0/s1. The van der Waals surface area contributed by atoms with Gasteiger partial charge in [-0.05, 0) is 116 Å². The van der Waals surface area contributed by atoms with Gasteiger partial charge in [-0.3, -0.25) is 19.2 Å². The van der Waals surface area contributed by atoms with Gasteiger partial charge >= 0.3 is 11.9 Å². The number of fused-ring (bicyclic) bond motifs is 7. The van der Waals surface area contributed by atoms with E-state index in [1.54, 1.807) is 20.9 Å². The molecule has 1 amide bonds. The Morgan fingerprint density at radius 2 is 1.59 bits per heavy atom. The molecule has 44 heavy (non-hydrogen) atoms. The minimum atomic E-state index is -1.16. The zero-order valence-electron chi connectivity index (χ0n) is 28.9. The van der Waals surface area contributed by atoms with Gasteiger partial charge in [0.15, 0.2) is 5.78 Å². The molecule has 5 rings (SSSR count). The topological polar surface area (TPSA) is 110 Å². The SMILES string of the molecule is CNC(=O)[C@@]12CC[C@]3(C)C(CCC4[C@@]5(C)CC[C@H](OC(=O)CC(C)(C)C(=O)O)C(C)(C)C5CC[C@]43C)C1=C(C(C)C)C(=O)C2. The van der Waals surface area contributed by atoms with Gasteiger partial charge in [0.2, 0.25) is 5.91 Å². The highest BCUT2D eigenvalue weighted by Gasteiger charge is 2.71. The average Bonchev–Trinajstić information content (AvgIpc) is 3.23. The van der Waals surface area contributed by atoms with Gasteiger partial charge in [-0.1, -0.05) is 48.5 Å². The van der Waals surface area contributed by atoms with E-state index in [1.807, 2.05) is 0 Å². The molecule has 0 aromatic rings. The van der Waals surface area contributed by atoms with Gasteiger partial charge < -0.3 is 15.2 Å². The van der Waals surface area contributed by atoms with Gasteiger partial charge in [0, 0.05) is 18.9 Å². The van der Waals surface area contributed by atoms with Crippen molar-refractivity contribution in [3.8, 4) is 0 Å². The van der Waals surface area contributed by atoms with E-state index >= 15 is 0 Å². The van der Waals surface area contributed by atoms with Crippen molar-refractivity contribution in [2.75, 3.05) is 7.05 Å². The first kappa shape index (κ1) is 33.2. The summed E-state index contributed by atoms with van der Waals surface area (Å²) in [5.41, 5.74) is 0.136. The molecular formula is C37H57NO6. The Bertz CT molecular complexity index is 1290. The molecule has 4 fully saturated rings. The zero-order chi connectivity index (χ0) is 32.8. The molecule has 5 aliphatic carbocycles. The van der Waals surface area contributed by atoms with Crippen molar-refractivity contribution < 1.29 is 29.0 Å². The van der Waals surface area contributed by atoms with Crippen LogP contribution < -0.4 is 5.32 Å². The van der Waals surface area contributed by atoms with Crippen LogP contribution in [0.2, 0.25) is 0 Å². The molecule has 5 aliphatic rings. The van der Waals surface area contributed by atoms with Crippen molar-refractivity contribution in [2.24, 2.45) is 56.2 Å². The smallest absolute Gasteiger partial charge is 0.309 e. The van der Waals surface area contributed by atoms with E-state index in [2.05, 4.69) is 53.8 Å². The lowest BCUT2D eigenvalue weighted by Crippen LogP contribution is -2.66. The summed E-state index contributed by atoms with van der Waals surface area (Å²) in [4.78, 5) is 51.8. The lowest BCUT2D eigenvalue weighted by Gasteiger charge is -2.72. The molecule has 3 unspecified atom stereocenters. The summed E-state index contributed by atoms with van der Waals surface area (Å²) < 4.78 is 6.11. The fraction of sp³-hybridized carbons (Fsp3) is 0.838. The lowest BCUT2D eigenvalue weighted by atomic mass is 9.33. The van der Waals surface area contributed by atoms with Crippen LogP contribution in [-0.2, 0) is 23.9 Å². The number of esters is 1. The fourth-order valence-corrected chi connectivity index (χ4v) is 12.0. The summed E-state index contributed by atoms with van der Waals surface area (Å²) in [6.45, 7) is 19.4. The van der Waals surface area contributed by atoms with Crippen molar-refractivity contribution >= 4 is 23.6 Å². The van der Waals surface area contributed by atoms with Gasteiger partial charge in [-0.2, -0.15) is 0 Å². The molecule has 0 spiro atoms. The van der Waals surface area contributed by atoms with Gasteiger partial charge in [0.05, 0.1) is 17.3 Å². The third kappa shape index (κ3) is 4.40. The highest BCUT2D eigenvalue weighted by Crippen LogP contribution is 2.76. The maximum absolute atomic E-state index is 13.6. The first-order valence-corrected chi connectivity index (χ1v) is 17.2. The molecule has 4 saturated carbocycles. The normalized spacial score (nSPS) is 41.3. The molecule has 7 nitrogen and oxygen atoms in total. The molecule has 2 N–H and O–H groups in total. The highest BCUT2D eigenvalue weighted by molar-refractivity contribution is 6.06. The Morgan fingerprint density at radius 1 is 0.932 bits per heavy atom. The van der Waals surface area contributed by atoms with E-state index in [-0.39, 0.29) is 57.7 Å². The number of nitrogens with one attached hydrogen (secondary N) is 1. The molecule has 0 saturated heterocycles. The predicted octanol–water partition coefficient (Wildman–Crippen LogP) is 7.13. The summed E-state index contributed by atoms with van der Waals surface area (Å²) in [5.74, 6) is -0.0327. The Morgan fingerprint density at radius 3 is 2.18 bits per heavy atom. The van der Waals surface area contributed by atoms with Gasteiger partial charge in [0.1, 0.15) is 6.10 Å². The van der Waals surface area contributed by atoms with E-state index < -0.39 is 22.8 Å². The summed E-state index contributed by atoms with van der Waals surface area (Å²) in [6.07, 6.45) is 7.58. The van der Waals surface area contributed by atoms with Gasteiger partial charge in [0.25, 0.3) is 0 Å². The fourth-order valence-electron chi connectivity index (χ4n) is 12.0.